The Bertz CT molecular complexity index is 785. The lowest BCUT2D eigenvalue weighted by Gasteiger charge is -2.18. The molecule has 0 heterocycles. The van der Waals surface area contributed by atoms with E-state index in [-0.39, 0.29) is 11.6 Å². The average Bonchev–Trinajstić information content (AvgIpc) is 2.57. The smallest absolute Gasteiger partial charge is 0.198 e. The molecule has 0 fully saturated rings. The zero-order valence-electron chi connectivity index (χ0n) is 12.3. The molecule has 4 nitrogen and oxygen atoms in total. The van der Waals surface area contributed by atoms with Gasteiger partial charge in [0.25, 0.3) is 0 Å². The highest BCUT2D eigenvalue weighted by Crippen LogP contribution is 2.33. The lowest BCUT2D eigenvalue weighted by atomic mass is 9.85. The summed E-state index contributed by atoms with van der Waals surface area (Å²) in [6, 6.07) is 12.1. The predicted octanol–water partition coefficient (Wildman–Crippen LogP) is 3.17. The molecule has 2 aromatic carbocycles. The number of hydrogen-bond acceptors (Lipinski definition) is 4. The monoisotopic (exact) mass is 294 g/mol. The standard InChI is InChI=1S/C18H14O4/c1-21-12-8-6-11(7-9-12)14-10-15(19)13-4-3-5-16(22-2)17(13)18(14)20/h3-10H,1-2H3. The summed E-state index contributed by atoms with van der Waals surface area (Å²) >= 11 is 0. The summed E-state index contributed by atoms with van der Waals surface area (Å²) in [5, 5.41) is 0. The van der Waals surface area contributed by atoms with E-state index in [1.54, 1.807) is 49.6 Å². The molecule has 3 rings (SSSR count). The van der Waals surface area contributed by atoms with Crippen molar-refractivity contribution in [3.05, 3.63) is 65.2 Å². The first-order chi connectivity index (χ1) is 10.7. The molecule has 1 aliphatic rings. The molecule has 1 aliphatic carbocycles. The lowest BCUT2D eigenvalue weighted by Crippen LogP contribution is -2.17. The first-order valence-electron chi connectivity index (χ1n) is 6.78. The van der Waals surface area contributed by atoms with Gasteiger partial charge in [-0.25, -0.2) is 0 Å². The number of carbonyl (C=O) groups excluding carboxylic acids is 2. The summed E-state index contributed by atoms with van der Waals surface area (Å²) < 4.78 is 10.3. The van der Waals surface area contributed by atoms with Gasteiger partial charge in [-0.2, -0.15) is 0 Å². The Morgan fingerprint density at radius 1 is 0.864 bits per heavy atom. The molecule has 0 unspecified atom stereocenters. The van der Waals surface area contributed by atoms with Gasteiger partial charge in [-0.05, 0) is 29.8 Å². The molecule has 0 aromatic heterocycles. The van der Waals surface area contributed by atoms with Crippen LogP contribution in [0, 0.1) is 0 Å². The van der Waals surface area contributed by atoms with Crippen molar-refractivity contribution in [2.75, 3.05) is 14.2 Å². The van der Waals surface area contributed by atoms with Gasteiger partial charge in [0.05, 0.1) is 19.8 Å². The van der Waals surface area contributed by atoms with Crippen LogP contribution >= 0.6 is 0 Å². The fourth-order valence-corrected chi connectivity index (χ4v) is 2.53. The van der Waals surface area contributed by atoms with Crippen LogP contribution < -0.4 is 9.47 Å². The van der Waals surface area contributed by atoms with Gasteiger partial charge in [-0.15, -0.1) is 0 Å². The number of allylic oxidation sites excluding steroid dienone is 2. The van der Waals surface area contributed by atoms with Crippen molar-refractivity contribution in [2.45, 2.75) is 0 Å². The largest absolute Gasteiger partial charge is 0.497 e. The number of fused-ring (bicyclic) bond motifs is 1. The number of Topliss-reactive ketones (excluding diaryl/α,β-unsaturated/α-hetero) is 1. The third-order valence-electron chi connectivity index (χ3n) is 3.66. The minimum absolute atomic E-state index is 0.195. The second-order valence-electron chi connectivity index (χ2n) is 4.86. The van der Waals surface area contributed by atoms with Crippen LogP contribution in [0.25, 0.3) is 5.57 Å². The summed E-state index contributed by atoms with van der Waals surface area (Å²) in [6.07, 6.45) is 1.38. The SMILES string of the molecule is COc1ccc(C2=CC(=O)c3cccc(OC)c3C2=O)cc1. The van der Waals surface area contributed by atoms with Gasteiger partial charge in [-0.3, -0.25) is 9.59 Å². The van der Waals surface area contributed by atoms with Crippen LogP contribution in [0.15, 0.2) is 48.5 Å². The number of benzene rings is 2. The maximum absolute atomic E-state index is 12.8. The second kappa shape index (κ2) is 5.48. The zero-order chi connectivity index (χ0) is 15.7. The summed E-state index contributed by atoms with van der Waals surface area (Å²) in [7, 11) is 3.06. The van der Waals surface area contributed by atoms with Crippen LogP contribution in [0.3, 0.4) is 0 Å². The van der Waals surface area contributed by atoms with Crippen molar-refractivity contribution >= 4 is 17.1 Å². The highest BCUT2D eigenvalue weighted by atomic mass is 16.5. The van der Waals surface area contributed by atoms with E-state index in [2.05, 4.69) is 0 Å². The van der Waals surface area contributed by atoms with Gasteiger partial charge in [0.15, 0.2) is 11.6 Å². The van der Waals surface area contributed by atoms with E-state index in [1.165, 1.54) is 13.2 Å². The highest BCUT2D eigenvalue weighted by molar-refractivity contribution is 6.39. The summed E-state index contributed by atoms with van der Waals surface area (Å²) in [5.74, 6) is 0.698. The van der Waals surface area contributed by atoms with Gasteiger partial charge in [0.1, 0.15) is 11.5 Å². The van der Waals surface area contributed by atoms with Crippen LogP contribution in [0.1, 0.15) is 26.3 Å². The van der Waals surface area contributed by atoms with E-state index in [4.69, 9.17) is 9.47 Å². The molecular weight excluding hydrogens is 280 g/mol. The van der Waals surface area contributed by atoms with Gasteiger partial charge in [-0.1, -0.05) is 24.3 Å². The maximum Gasteiger partial charge on any atom is 0.198 e. The Balaban J connectivity index is 2.11. The van der Waals surface area contributed by atoms with Crippen molar-refractivity contribution < 1.29 is 19.1 Å². The molecule has 22 heavy (non-hydrogen) atoms. The number of ether oxygens (including phenoxy) is 2. The van der Waals surface area contributed by atoms with Gasteiger partial charge in [0, 0.05) is 11.1 Å². The molecule has 0 spiro atoms. The third-order valence-corrected chi connectivity index (χ3v) is 3.66. The fourth-order valence-electron chi connectivity index (χ4n) is 2.53. The molecule has 0 atom stereocenters. The molecule has 0 aliphatic heterocycles. The van der Waals surface area contributed by atoms with Crippen molar-refractivity contribution in [2.24, 2.45) is 0 Å². The van der Waals surface area contributed by atoms with Gasteiger partial charge >= 0.3 is 0 Å². The number of methoxy groups -OCH3 is 2. The van der Waals surface area contributed by atoms with Crippen LogP contribution in [0.2, 0.25) is 0 Å². The molecule has 0 bridgehead atoms. The zero-order valence-corrected chi connectivity index (χ0v) is 12.3. The molecule has 0 saturated carbocycles. The molecule has 0 amide bonds. The minimum atomic E-state index is -0.211. The number of rotatable bonds is 3. The van der Waals surface area contributed by atoms with Crippen molar-refractivity contribution in [3.63, 3.8) is 0 Å². The van der Waals surface area contributed by atoms with E-state index < -0.39 is 0 Å². The number of hydrogen-bond donors (Lipinski definition) is 0. The third kappa shape index (κ3) is 2.19. The van der Waals surface area contributed by atoms with E-state index >= 15 is 0 Å². The highest BCUT2D eigenvalue weighted by Gasteiger charge is 2.29. The van der Waals surface area contributed by atoms with Crippen LogP contribution in [-0.2, 0) is 0 Å². The Hall–Kier alpha value is -2.88. The Labute approximate surface area is 128 Å². The van der Waals surface area contributed by atoms with Crippen molar-refractivity contribution in [3.8, 4) is 11.5 Å². The Morgan fingerprint density at radius 2 is 1.59 bits per heavy atom. The van der Waals surface area contributed by atoms with Crippen LogP contribution in [-0.4, -0.2) is 25.8 Å². The number of ketones is 2. The van der Waals surface area contributed by atoms with E-state index in [0.717, 1.165) is 0 Å². The topological polar surface area (TPSA) is 52.6 Å². The molecule has 110 valence electrons. The maximum atomic E-state index is 12.8. The molecule has 0 saturated heterocycles. The first kappa shape index (κ1) is 14.1. The Kier molecular flexibility index (Phi) is 3.51. The molecular formula is C18H14O4. The predicted molar refractivity (Wildman–Crippen MR) is 82.6 cm³/mol. The number of carbonyl (C=O) groups is 2. The first-order valence-corrected chi connectivity index (χ1v) is 6.78. The van der Waals surface area contributed by atoms with E-state index in [1.807, 2.05) is 0 Å². The van der Waals surface area contributed by atoms with Crippen molar-refractivity contribution in [1.82, 2.24) is 0 Å². The van der Waals surface area contributed by atoms with Gasteiger partial charge < -0.3 is 9.47 Å². The quantitative estimate of drug-likeness (QED) is 0.872. The normalized spacial score (nSPS) is 13.5. The molecule has 0 radical (unpaired) electrons. The second-order valence-corrected chi connectivity index (χ2v) is 4.86. The lowest BCUT2D eigenvalue weighted by molar-refractivity contribution is 0.0999. The van der Waals surface area contributed by atoms with Crippen molar-refractivity contribution in [1.29, 1.82) is 0 Å². The van der Waals surface area contributed by atoms with E-state index in [0.29, 0.717) is 33.8 Å². The summed E-state index contributed by atoms with van der Waals surface area (Å²) in [5.41, 5.74) is 1.74. The Morgan fingerprint density at radius 3 is 2.23 bits per heavy atom. The van der Waals surface area contributed by atoms with Crippen LogP contribution in [0.5, 0.6) is 11.5 Å². The molecule has 4 heteroatoms. The van der Waals surface area contributed by atoms with Gasteiger partial charge in [0.2, 0.25) is 0 Å². The fraction of sp³-hybridized carbons (Fsp3) is 0.111. The minimum Gasteiger partial charge on any atom is -0.497 e. The van der Waals surface area contributed by atoms with E-state index in [9.17, 15) is 9.59 Å². The van der Waals surface area contributed by atoms with Crippen LogP contribution in [0.4, 0.5) is 0 Å². The molecule has 2 aromatic rings. The summed E-state index contributed by atoms with van der Waals surface area (Å²) in [4.78, 5) is 25.1. The average molecular weight is 294 g/mol. The molecule has 0 N–H and O–H groups in total. The summed E-state index contributed by atoms with van der Waals surface area (Å²) in [6.45, 7) is 0.